The Balaban J connectivity index is 1.74. The Morgan fingerprint density at radius 2 is 1.96 bits per heavy atom. The fraction of sp³-hybridized carbons (Fsp3) is 0.526. The Bertz CT molecular complexity index is 994. The summed E-state index contributed by atoms with van der Waals surface area (Å²) >= 11 is 0. The minimum atomic E-state index is 0.179. The lowest BCUT2D eigenvalue weighted by Crippen LogP contribution is -2.36. The van der Waals surface area contributed by atoms with Crippen molar-refractivity contribution in [3.05, 3.63) is 23.8 Å². The van der Waals surface area contributed by atoms with Crippen molar-refractivity contribution in [2.75, 3.05) is 0 Å². The molecule has 3 heterocycles. The Labute approximate surface area is 146 Å². The van der Waals surface area contributed by atoms with Gasteiger partial charge in [0.15, 0.2) is 0 Å². The molecule has 6 heteroatoms. The quantitative estimate of drug-likeness (QED) is 0.735. The number of carbonyl (C=O) groups excluding carboxylic acids is 1. The number of imidazole rings is 1. The third-order valence-corrected chi connectivity index (χ3v) is 5.53. The van der Waals surface area contributed by atoms with Gasteiger partial charge >= 0.3 is 0 Å². The summed E-state index contributed by atoms with van der Waals surface area (Å²) in [6.07, 6.45) is 6.43. The van der Waals surface area contributed by atoms with Gasteiger partial charge in [-0.3, -0.25) is 4.79 Å². The van der Waals surface area contributed by atoms with Gasteiger partial charge in [-0.1, -0.05) is 0 Å². The van der Waals surface area contributed by atoms with Crippen molar-refractivity contribution in [3.63, 3.8) is 0 Å². The summed E-state index contributed by atoms with van der Waals surface area (Å²) in [5.41, 5.74) is 4.57. The highest BCUT2D eigenvalue weighted by Gasteiger charge is 2.43. The highest BCUT2D eigenvalue weighted by Crippen LogP contribution is 2.39. The Morgan fingerprint density at radius 1 is 1.28 bits per heavy atom. The van der Waals surface area contributed by atoms with Crippen LogP contribution in [-0.4, -0.2) is 42.0 Å². The molecule has 3 aromatic heterocycles. The van der Waals surface area contributed by atoms with Gasteiger partial charge in [-0.25, -0.2) is 9.97 Å². The lowest BCUT2D eigenvalue weighted by molar-refractivity contribution is 0.0719. The monoisotopic (exact) mass is 337 g/mol. The van der Waals surface area contributed by atoms with Crippen LogP contribution in [0.25, 0.3) is 22.1 Å². The number of hydrogen-bond acceptors (Lipinski definition) is 3. The van der Waals surface area contributed by atoms with Crippen molar-refractivity contribution in [1.82, 2.24) is 24.0 Å². The molecule has 25 heavy (non-hydrogen) atoms. The van der Waals surface area contributed by atoms with E-state index in [4.69, 9.17) is 4.98 Å². The maximum Gasteiger partial charge on any atom is 0.271 e. The van der Waals surface area contributed by atoms with Gasteiger partial charge in [0, 0.05) is 31.1 Å². The van der Waals surface area contributed by atoms with Gasteiger partial charge < -0.3 is 14.0 Å². The van der Waals surface area contributed by atoms with Gasteiger partial charge in [0.1, 0.15) is 16.9 Å². The average molecular weight is 337 g/mol. The molecule has 0 unspecified atom stereocenters. The number of aryl methyl sites for hydroxylation is 3. The summed E-state index contributed by atoms with van der Waals surface area (Å²) in [6, 6.07) is 2.94. The third-order valence-electron chi connectivity index (χ3n) is 5.53. The van der Waals surface area contributed by atoms with Crippen LogP contribution in [0.1, 0.15) is 48.8 Å². The molecule has 2 fully saturated rings. The van der Waals surface area contributed by atoms with Crippen molar-refractivity contribution in [2.24, 2.45) is 7.05 Å². The van der Waals surface area contributed by atoms with E-state index >= 15 is 0 Å². The number of amides is 1. The topological polar surface area (TPSA) is 56.0 Å². The summed E-state index contributed by atoms with van der Waals surface area (Å²) in [6.45, 7) is 4.81. The van der Waals surface area contributed by atoms with Crippen LogP contribution in [0.5, 0.6) is 0 Å². The second-order valence-electron chi connectivity index (χ2n) is 7.44. The van der Waals surface area contributed by atoms with Crippen LogP contribution in [-0.2, 0) is 13.6 Å². The van der Waals surface area contributed by atoms with Crippen molar-refractivity contribution < 1.29 is 4.79 Å². The lowest BCUT2D eigenvalue weighted by atomic mass is 10.2. The van der Waals surface area contributed by atoms with E-state index < -0.39 is 0 Å². The zero-order valence-corrected chi connectivity index (χ0v) is 15.0. The van der Waals surface area contributed by atoms with E-state index in [1.807, 2.05) is 30.9 Å². The second kappa shape index (κ2) is 5.07. The summed E-state index contributed by atoms with van der Waals surface area (Å²) in [5.74, 6) is 0.179. The SMILES string of the molecule is CCn1c(C(=O)N(C2CC2)C2CC2)cc2c3c(ncn3C)c(C)nc21. The molecule has 2 aliphatic carbocycles. The number of hydrogen-bond donors (Lipinski definition) is 0. The molecular weight excluding hydrogens is 314 g/mol. The first-order valence-electron chi connectivity index (χ1n) is 9.23. The van der Waals surface area contributed by atoms with E-state index in [0.717, 1.165) is 65.7 Å². The first-order chi connectivity index (χ1) is 12.1. The molecule has 6 nitrogen and oxygen atoms in total. The number of nitrogens with zero attached hydrogens (tertiary/aromatic N) is 5. The van der Waals surface area contributed by atoms with Gasteiger partial charge in [0.25, 0.3) is 5.91 Å². The fourth-order valence-electron chi connectivity index (χ4n) is 4.02. The lowest BCUT2D eigenvalue weighted by Gasteiger charge is -2.22. The zero-order valence-electron chi connectivity index (χ0n) is 15.0. The summed E-state index contributed by atoms with van der Waals surface area (Å²) in [4.78, 5) is 24.8. The maximum atomic E-state index is 13.4. The highest BCUT2D eigenvalue weighted by atomic mass is 16.2. The standard InChI is InChI=1S/C19H23N5O/c1-4-23-15(19(25)24(12-5-6-12)13-7-8-13)9-14-17-16(20-10-22(17)3)11(2)21-18(14)23/h9-10,12-13H,4-8H2,1-3H3. The van der Waals surface area contributed by atoms with Gasteiger partial charge in [0.05, 0.1) is 17.5 Å². The van der Waals surface area contributed by atoms with Crippen molar-refractivity contribution in [3.8, 4) is 0 Å². The van der Waals surface area contributed by atoms with Gasteiger partial charge in [-0.05, 0) is 45.6 Å². The molecule has 1 amide bonds. The largest absolute Gasteiger partial charge is 0.333 e. The Kier molecular flexibility index (Phi) is 3.03. The minimum Gasteiger partial charge on any atom is -0.333 e. The molecule has 0 aromatic carbocycles. The molecule has 0 spiro atoms. The smallest absolute Gasteiger partial charge is 0.271 e. The number of carbonyl (C=O) groups is 1. The first kappa shape index (κ1) is 14.9. The molecule has 0 saturated heterocycles. The predicted octanol–water partition coefficient (Wildman–Crippen LogP) is 3.02. The highest BCUT2D eigenvalue weighted by molar-refractivity contribution is 6.07. The van der Waals surface area contributed by atoms with E-state index in [-0.39, 0.29) is 5.91 Å². The van der Waals surface area contributed by atoms with Crippen LogP contribution in [0.4, 0.5) is 0 Å². The van der Waals surface area contributed by atoms with Gasteiger partial charge in [0.2, 0.25) is 0 Å². The molecule has 0 aliphatic heterocycles. The van der Waals surface area contributed by atoms with Crippen molar-refractivity contribution >= 4 is 28.0 Å². The summed E-state index contributed by atoms with van der Waals surface area (Å²) in [7, 11) is 2.00. The number of fused-ring (bicyclic) bond motifs is 3. The van der Waals surface area contributed by atoms with Crippen LogP contribution in [0.15, 0.2) is 12.4 Å². The first-order valence-corrected chi connectivity index (χ1v) is 9.23. The number of aromatic nitrogens is 4. The molecule has 0 bridgehead atoms. The van der Waals surface area contributed by atoms with Gasteiger partial charge in [-0.2, -0.15) is 0 Å². The molecule has 0 N–H and O–H groups in total. The molecule has 130 valence electrons. The molecular formula is C19H23N5O. The number of pyridine rings is 1. The van der Waals surface area contributed by atoms with Crippen LogP contribution >= 0.6 is 0 Å². The maximum absolute atomic E-state index is 13.4. The third kappa shape index (κ3) is 2.12. The van der Waals surface area contributed by atoms with Gasteiger partial charge in [-0.15, -0.1) is 0 Å². The van der Waals surface area contributed by atoms with Crippen LogP contribution in [0.3, 0.4) is 0 Å². The molecule has 5 rings (SSSR count). The van der Waals surface area contributed by atoms with E-state index in [1.165, 1.54) is 0 Å². The Hall–Kier alpha value is -2.37. The predicted molar refractivity (Wildman–Crippen MR) is 96.6 cm³/mol. The van der Waals surface area contributed by atoms with Crippen LogP contribution in [0, 0.1) is 6.92 Å². The Morgan fingerprint density at radius 3 is 2.56 bits per heavy atom. The van der Waals surface area contributed by atoms with Crippen LogP contribution in [0.2, 0.25) is 0 Å². The second-order valence-corrected chi connectivity index (χ2v) is 7.44. The van der Waals surface area contributed by atoms with Crippen LogP contribution < -0.4 is 0 Å². The van der Waals surface area contributed by atoms with Crippen molar-refractivity contribution in [2.45, 2.75) is 58.2 Å². The molecule has 0 atom stereocenters. The van der Waals surface area contributed by atoms with E-state index in [9.17, 15) is 4.79 Å². The van der Waals surface area contributed by atoms with E-state index in [1.54, 1.807) is 0 Å². The molecule has 0 radical (unpaired) electrons. The van der Waals surface area contributed by atoms with E-state index in [2.05, 4.69) is 21.4 Å². The molecule has 3 aromatic rings. The van der Waals surface area contributed by atoms with Crippen molar-refractivity contribution in [1.29, 1.82) is 0 Å². The summed E-state index contributed by atoms with van der Waals surface area (Å²) < 4.78 is 4.11. The minimum absolute atomic E-state index is 0.179. The number of rotatable bonds is 4. The molecule has 2 aliphatic rings. The normalized spacial score (nSPS) is 17.6. The van der Waals surface area contributed by atoms with E-state index in [0.29, 0.717) is 12.1 Å². The fourth-order valence-corrected chi connectivity index (χ4v) is 4.02. The average Bonchev–Trinajstić information content (AvgIpc) is 3.51. The molecule has 2 saturated carbocycles. The zero-order chi connectivity index (χ0) is 17.3. The summed E-state index contributed by atoms with van der Waals surface area (Å²) in [5, 5.41) is 1.03.